The molecule has 3 N–H and O–H groups in total. The third-order valence-electron chi connectivity index (χ3n) is 6.36. The van der Waals surface area contributed by atoms with Gasteiger partial charge in [-0.2, -0.15) is 0 Å². The zero-order valence-corrected chi connectivity index (χ0v) is 20.7. The van der Waals surface area contributed by atoms with E-state index in [-0.39, 0.29) is 17.3 Å². The summed E-state index contributed by atoms with van der Waals surface area (Å²) < 4.78 is 25.6. The Kier molecular flexibility index (Phi) is 7.57. The second-order valence-electron chi connectivity index (χ2n) is 8.74. The summed E-state index contributed by atoms with van der Waals surface area (Å²) in [6, 6.07) is 11.6. The van der Waals surface area contributed by atoms with Crippen LogP contribution >= 0.6 is 0 Å². The van der Waals surface area contributed by atoms with Gasteiger partial charge in [-0.15, -0.1) is 4.83 Å². The van der Waals surface area contributed by atoms with Crippen LogP contribution in [0.15, 0.2) is 53.4 Å². The van der Waals surface area contributed by atoms with E-state index in [1.165, 1.54) is 36.1 Å². The number of anilines is 1. The van der Waals surface area contributed by atoms with Crippen LogP contribution < -0.4 is 15.0 Å². The van der Waals surface area contributed by atoms with Crippen molar-refractivity contribution in [2.24, 2.45) is 0 Å². The van der Waals surface area contributed by atoms with Gasteiger partial charge < -0.3 is 20.2 Å². The molecule has 2 aromatic carbocycles. The van der Waals surface area contributed by atoms with E-state index in [2.05, 4.69) is 15.0 Å². The number of carboxylic acids is 1. The molecule has 2 amide bonds. The molecule has 1 atom stereocenters. The Morgan fingerprint density at radius 1 is 1.11 bits per heavy atom. The quantitative estimate of drug-likeness (QED) is 0.427. The summed E-state index contributed by atoms with van der Waals surface area (Å²) in [5.74, 6) is -2.59. The minimum Gasteiger partial charge on any atom is -0.480 e. The molecule has 4 rings (SSSR count). The number of fused-ring (bicyclic) bond motifs is 1. The van der Waals surface area contributed by atoms with E-state index in [1.54, 1.807) is 6.07 Å². The first-order valence-electron chi connectivity index (χ1n) is 11.7. The summed E-state index contributed by atoms with van der Waals surface area (Å²) in [7, 11) is -4.23. The molecule has 36 heavy (non-hydrogen) atoms. The van der Waals surface area contributed by atoms with Gasteiger partial charge in [0.15, 0.2) is 0 Å². The van der Waals surface area contributed by atoms with Gasteiger partial charge in [-0.1, -0.05) is 24.3 Å². The molecule has 0 radical (unpaired) electrons. The predicted molar refractivity (Wildman–Crippen MR) is 132 cm³/mol. The van der Waals surface area contributed by atoms with Gasteiger partial charge in [-0.05, 0) is 43.2 Å². The minimum atomic E-state index is -4.23. The van der Waals surface area contributed by atoms with E-state index in [1.807, 2.05) is 18.2 Å². The number of carbonyl (C=O) groups excluding carboxylic acids is 2. The Hall–Kier alpha value is -3.48. The number of nitrogens with zero attached hydrogens (tertiary/aromatic N) is 3. The topological polar surface area (TPSA) is 139 Å². The largest absolute Gasteiger partial charge is 0.480 e. The lowest BCUT2D eigenvalue weighted by Crippen LogP contribution is -2.57. The molecule has 1 saturated heterocycles. The van der Waals surface area contributed by atoms with Crippen molar-refractivity contribution in [1.29, 1.82) is 0 Å². The second-order valence-corrected chi connectivity index (χ2v) is 10.4. The maximum atomic E-state index is 13.3. The number of carboxylic acid groups (broad SMARTS) is 1. The van der Waals surface area contributed by atoms with Crippen molar-refractivity contribution in [2.75, 3.05) is 44.2 Å². The van der Waals surface area contributed by atoms with Crippen LogP contribution in [0.4, 0.5) is 5.69 Å². The molecule has 2 aliphatic rings. The van der Waals surface area contributed by atoms with Crippen molar-refractivity contribution in [3.8, 4) is 0 Å². The Morgan fingerprint density at radius 2 is 1.81 bits per heavy atom. The van der Waals surface area contributed by atoms with Crippen LogP contribution in [0, 0.1) is 0 Å². The first kappa shape index (κ1) is 25.6. The lowest BCUT2D eigenvalue weighted by atomic mass is 9.97. The molecule has 2 aromatic rings. The van der Waals surface area contributed by atoms with Crippen LogP contribution in [-0.2, 0) is 26.0 Å². The molecular formula is C24H29N5O6S. The Labute approximate surface area is 209 Å². The molecule has 12 heteroatoms. The van der Waals surface area contributed by atoms with Crippen molar-refractivity contribution in [3.63, 3.8) is 0 Å². The zero-order valence-electron chi connectivity index (χ0n) is 19.9. The van der Waals surface area contributed by atoms with E-state index in [0.717, 1.165) is 37.4 Å². The number of nitrogens with one attached hydrogen (secondary N) is 2. The van der Waals surface area contributed by atoms with E-state index < -0.39 is 34.5 Å². The van der Waals surface area contributed by atoms with Gasteiger partial charge in [0.05, 0.1) is 4.90 Å². The smallest absolute Gasteiger partial charge is 0.327 e. The van der Waals surface area contributed by atoms with Crippen LogP contribution in [0.5, 0.6) is 0 Å². The maximum absolute atomic E-state index is 13.3. The van der Waals surface area contributed by atoms with E-state index in [9.17, 15) is 27.9 Å². The zero-order chi connectivity index (χ0) is 25.9. The van der Waals surface area contributed by atoms with Crippen molar-refractivity contribution in [2.45, 2.75) is 24.3 Å². The highest BCUT2D eigenvalue weighted by Crippen LogP contribution is 2.25. The van der Waals surface area contributed by atoms with Gasteiger partial charge in [0.25, 0.3) is 21.8 Å². The molecular weight excluding hydrogens is 486 g/mol. The first-order valence-corrected chi connectivity index (χ1v) is 13.2. The van der Waals surface area contributed by atoms with Crippen LogP contribution in [0.1, 0.15) is 22.8 Å². The average molecular weight is 516 g/mol. The van der Waals surface area contributed by atoms with E-state index >= 15 is 0 Å². The predicted octanol–water partition coefficient (Wildman–Crippen LogP) is 0.290. The number of amides is 2. The SMILES string of the molecule is C[C@H](C(=O)O)N(NS(=O)(=O)c1ccccc1)C(=O)CN1CCc2ccc(N3CCNCC3)cc2C1=O. The number of piperazine rings is 1. The molecule has 0 bridgehead atoms. The fourth-order valence-corrected chi connectivity index (χ4v) is 5.40. The number of rotatable bonds is 8. The molecule has 1 fully saturated rings. The van der Waals surface area contributed by atoms with Crippen LogP contribution in [0.3, 0.4) is 0 Å². The Bertz CT molecular complexity index is 1250. The van der Waals surface area contributed by atoms with E-state index in [4.69, 9.17) is 0 Å². The lowest BCUT2D eigenvalue weighted by Gasteiger charge is -2.33. The average Bonchev–Trinajstić information content (AvgIpc) is 2.89. The Morgan fingerprint density at radius 3 is 2.47 bits per heavy atom. The van der Waals surface area contributed by atoms with E-state index in [0.29, 0.717) is 17.0 Å². The standard InChI is InChI=1S/C24H29N5O6S/c1-17(24(32)33)29(26-36(34,35)20-5-3-2-4-6-20)22(30)16-28-12-9-18-7-8-19(15-21(18)23(28)31)27-13-10-25-11-14-27/h2-8,15,17,25-26H,9-14,16H2,1H3,(H,32,33)/t17-/m1/s1. The molecule has 2 heterocycles. The summed E-state index contributed by atoms with van der Waals surface area (Å²) in [5.41, 5.74) is 2.30. The summed E-state index contributed by atoms with van der Waals surface area (Å²) >= 11 is 0. The van der Waals surface area contributed by atoms with Crippen molar-refractivity contribution < 1.29 is 27.9 Å². The van der Waals surface area contributed by atoms with Gasteiger partial charge in [-0.3, -0.25) is 9.59 Å². The lowest BCUT2D eigenvalue weighted by molar-refractivity contribution is -0.151. The molecule has 0 aromatic heterocycles. The number of hydrazine groups is 1. The molecule has 0 unspecified atom stereocenters. The van der Waals surface area contributed by atoms with Crippen molar-refractivity contribution >= 4 is 33.5 Å². The molecule has 2 aliphatic heterocycles. The minimum absolute atomic E-state index is 0.121. The summed E-state index contributed by atoms with van der Waals surface area (Å²) in [5, 5.41) is 13.3. The second kappa shape index (κ2) is 10.6. The molecule has 0 saturated carbocycles. The molecule has 192 valence electrons. The van der Waals surface area contributed by atoms with Crippen LogP contribution in [0.25, 0.3) is 0 Å². The number of aliphatic carboxylic acids is 1. The van der Waals surface area contributed by atoms with Crippen LogP contribution in [0.2, 0.25) is 0 Å². The summed E-state index contributed by atoms with van der Waals surface area (Å²) in [6.07, 6.45) is 0.528. The molecule has 0 spiro atoms. The Balaban J connectivity index is 1.53. The summed E-state index contributed by atoms with van der Waals surface area (Å²) in [4.78, 5) is 43.6. The van der Waals surface area contributed by atoms with Gasteiger partial charge in [0.2, 0.25) is 0 Å². The fourth-order valence-electron chi connectivity index (χ4n) is 4.26. The van der Waals surface area contributed by atoms with Gasteiger partial charge in [0, 0.05) is 44.0 Å². The van der Waals surface area contributed by atoms with Gasteiger partial charge >= 0.3 is 5.97 Å². The highest BCUT2D eigenvalue weighted by Gasteiger charge is 2.34. The third-order valence-corrected chi connectivity index (χ3v) is 7.69. The normalized spacial score (nSPS) is 16.9. The molecule has 11 nitrogen and oxygen atoms in total. The van der Waals surface area contributed by atoms with Gasteiger partial charge in [-0.25, -0.2) is 18.2 Å². The third kappa shape index (κ3) is 5.50. The number of hydrogen-bond acceptors (Lipinski definition) is 7. The summed E-state index contributed by atoms with van der Waals surface area (Å²) in [6.45, 7) is 4.32. The monoisotopic (exact) mass is 515 g/mol. The number of benzene rings is 2. The first-order chi connectivity index (χ1) is 17.2. The van der Waals surface area contributed by atoms with Gasteiger partial charge in [0.1, 0.15) is 12.6 Å². The number of sulfonamides is 1. The fraction of sp³-hybridized carbons (Fsp3) is 0.375. The van der Waals surface area contributed by atoms with Crippen molar-refractivity contribution in [1.82, 2.24) is 20.1 Å². The highest BCUT2D eigenvalue weighted by atomic mass is 32.2. The van der Waals surface area contributed by atoms with Crippen LogP contribution in [-0.4, -0.2) is 86.5 Å². The maximum Gasteiger partial charge on any atom is 0.327 e. The number of carbonyl (C=O) groups is 3. The highest BCUT2D eigenvalue weighted by molar-refractivity contribution is 7.89. The number of hydrogen-bond donors (Lipinski definition) is 3. The van der Waals surface area contributed by atoms with Crippen molar-refractivity contribution in [3.05, 3.63) is 59.7 Å². The molecule has 0 aliphatic carbocycles.